The van der Waals surface area contributed by atoms with Crippen LogP contribution in [-0.2, 0) is 12.8 Å². The van der Waals surface area contributed by atoms with Crippen LogP contribution in [0, 0.1) is 13.8 Å². The lowest BCUT2D eigenvalue weighted by molar-refractivity contribution is 0.536. The molecule has 2 atom stereocenters. The summed E-state index contributed by atoms with van der Waals surface area (Å²) in [5.74, 6) is 0.927. The SMILES string of the molecule is CCCCCCCCC(c1ccc(CCCCCCCCCCCCCCCc2ccc(C(CCCCCCCC)c3ccc(N)cc3C)cc2)cc1)c1ccc(N)cc1C. The van der Waals surface area contributed by atoms with Crippen molar-refractivity contribution in [1.82, 2.24) is 0 Å². The molecule has 2 nitrogen and oxygen atoms in total. The Morgan fingerprint density at radius 2 is 0.639 bits per heavy atom. The summed E-state index contributed by atoms with van der Waals surface area (Å²) >= 11 is 0. The fourth-order valence-corrected chi connectivity index (χ4v) is 9.88. The summed E-state index contributed by atoms with van der Waals surface area (Å²) in [6.45, 7) is 9.06. The molecule has 0 saturated carbocycles. The normalized spacial score (nSPS) is 12.5. The molecule has 4 rings (SSSR count). The van der Waals surface area contributed by atoms with Gasteiger partial charge in [0.2, 0.25) is 0 Å². The van der Waals surface area contributed by atoms with E-state index in [4.69, 9.17) is 11.5 Å². The first kappa shape index (κ1) is 50.1. The van der Waals surface area contributed by atoms with Crippen molar-refractivity contribution < 1.29 is 0 Å². The monoisotopic (exact) mass is 827 g/mol. The summed E-state index contributed by atoms with van der Waals surface area (Å²) in [4.78, 5) is 0. The summed E-state index contributed by atoms with van der Waals surface area (Å²) in [6, 6.07) is 32.3. The van der Waals surface area contributed by atoms with Crippen LogP contribution >= 0.6 is 0 Å². The summed E-state index contributed by atoms with van der Waals surface area (Å²) in [7, 11) is 0. The highest BCUT2D eigenvalue weighted by atomic mass is 14.5. The number of rotatable bonds is 34. The van der Waals surface area contributed by atoms with Crippen molar-refractivity contribution >= 4 is 11.4 Å². The zero-order valence-corrected chi connectivity index (χ0v) is 39.9. The lowest BCUT2D eigenvalue weighted by Gasteiger charge is -2.21. The molecule has 0 spiro atoms. The molecule has 4 aromatic rings. The van der Waals surface area contributed by atoms with Crippen molar-refractivity contribution in [2.24, 2.45) is 0 Å². The Balaban J connectivity index is 1.02. The summed E-state index contributed by atoms with van der Waals surface area (Å²) < 4.78 is 0. The number of anilines is 2. The van der Waals surface area contributed by atoms with E-state index in [2.05, 4.69) is 113 Å². The standard InChI is InChI=1S/C59H90N2/c1-5-7-9-11-24-28-32-58(56-44-42-54(60)46-48(56)3)52-38-34-50(35-39-52)30-26-22-20-18-16-14-13-15-17-19-21-23-27-31-51-36-40-53(41-37-51)59(33-29-25-12-10-8-6-2)57-45-43-55(61)47-49(57)4/h34-47,58-59H,5-33,60-61H2,1-4H3. The van der Waals surface area contributed by atoms with Crippen molar-refractivity contribution in [2.45, 2.75) is 226 Å². The fraction of sp³-hybridized carbons (Fsp3) is 0.593. The van der Waals surface area contributed by atoms with E-state index < -0.39 is 0 Å². The van der Waals surface area contributed by atoms with Crippen LogP contribution in [0.2, 0.25) is 0 Å². The molecule has 0 aliphatic rings. The van der Waals surface area contributed by atoms with Crippen LogP contribution in [-0.4, -0.2) is 0 Å². The Morgan fingerprint density at radius 1 is 0.344 bits per heavy atom. The first-order chi connectivity index (χ1) is 29.9. The molecule has 2 heteroatoms. The van der Waals surface area contributed by atoms with Gasteiger partial charge >= 0.3 is 0 Å². The van der Waals surface area contributed by atoms with Crippen LogP contribution in [0.5, 0.6) is 0 Å². The molecule has 0 bridgehead atoms. The molecule has 0 radical (unpaired) electrons. The van der Waals surface area contributed by atoms with Crippen LogP contribution in [0.1, 0.15) is 244 Å². The molecule has 0 aliphatic heterocycles. The second-order valence-electron chi connectivity index (χ2n) is 19.0. The van der Waals surface area contributed by atoms with Crippen LogP contribution in [0.25, 0.3) is 0 Å². The molecular weight excluding hydrogens is 737 g/mol. The quantitative estimate of drug-likeness (QED) is 0.0364. The Kier molecular flexibility index (Phi) is 25.1. The number of hydrogen-bond acceptors (Lipinski definition) is 2. The summed E-state index contributed by atoms with van der Waals surface area (Å²) in [5.41, 5.74) is 25.5. The van der Waals surface area contributed by atoms with Gasteiger partial charge in [0.05, 0.1) is 0 Å². The van der Waals surface area contributed by atoms with Crippen molar-refractivity contribution in [1.29, 1.82) is 0 Å². The van der Waals surface area contributed by atoms with Crippen LogP contribution in [0.3, 0.4) is 0 Å². The molecule has 0 heterocycles. The smallest absolute Gasteiger partial charge is 0.0316 e. The highest BCUT2D eigenvalue weighted by Gasteiger charge is 2.18. The Bertz CT molecular complexity index is 1580. The number of nitrogens with two attached hydrogens (primary N) is 2. The third kappa shape index (κ3) is 19.6. The fourth-order valence-electron chi connectivity index (χ4n) is 9.88. The maximum atomic E-state index is 6.13. The first-order valence-electron chi connectivity index (χ1n) is 25.8. The van der Waals surface area contributed by atoms with E-state index in [1.54, 1.807) is 0 Å². The van der Waals surface area contributed by atoms with E-state index >= 15 is 0 Å². The van der Waals surface area contributed by atoms with E-state index in [-0.39, 0.29) is 0 Å². The van der Waals surface area contributed by atoms with E-state index in [1.165, 1.54) is 231 Å². The lowest BCUT2D eigenvalue weighted by Crippen LogP contribution is -2.05. The number of unbranched alkanes of at least 4 members (excludes halogenated alkanes) is 22. The predicted molar refractivity (Wildman–Crippen MR) is 271 cm³/mol. The molecule has 0 fully saturated rings. The largest absolute Gasteiger partial charge is 0.399 e. The van der Waals surface area contributed by atoms with E-state index in [0.29, 0.717) is 11.8 Å². The first-order valence-corrected chi connectivity index (χ1v) is 25.8. The molecule has 4 aromatic carbocycles. The van der Waals surface area contributed by atoms with Crippen molar-refractivity contribution in [3.63, 3.8) is 0 Å². The van der Waals surface area contributed by atoms with E-state index in [1.807, 2.05) is 0 Å². The molecule has 4 N–H and O–H groups in total. The second kappa shape index (κ2) is 30.5. The summed E-state index contributed by atoms with van der Waals surface area (Å²) in [6.07, 6.45) is 39.0. The predicted octanol–water partition coefficient (Wildman–Crippen LogP) is 18.1. The van der Waals surface area contributed by atoms with Crippen LogP contribution < -0.4 is 11.5 Å². The van der Waals surface area contributed by atoms with Gasteiger partial charge in [-0.05, 0) is 121 Å². The second-order valence-corrected chi connectivity index (χ2v) is 19.0. The van der Waals surface area contributed by atoms with Crippen LogP contribution in [0.4, 0.5) is 11.4 Å². The van der Waals surface area contributed by atoms with Gasteiger partial charge in [0.25, 0.3) is 0 Å². The maximum Gasteiger partial charge on any atom is 0.0316 e. The van der Waals surface area contributed by atoms with Gasteiger partial charge in [-0.1, -0.05) is 222 Å². The zero-order chi connectivity index (χ0) is 43.3. The average molecular weight is 827 g/mol. The highest BCUT2D eigenvalue weighted by Crippen LogP contribution is 2.35. The Morgan fingerprint density at radius 3 is 0.951 bits per heavy atom. The van der Waals surface area contributed by atoms with Gasteiger partial charge in [0, 0.05) is 23.2 Å². The highest BCUT2D eigenvalue weighted by molar-refractivity contribution is 5.49. The van der Waals surface area contributed by atoms with Gasteiger partial charge in [0.15, 0.2) is 0 Å². The molecule has 0 aliphatic carbocycles. The van der Waals surface area contributed by atoms with E-state index in [9.17, 15) is 0 Å². The molecule has 0 amide bonds. The molecule has 61 heavy (non-hydrogen) atoms. The minimum Gasteiger partial charge on any atom is -0.399 e. The van der Waals surface area contributed by atoms with Gasteiger partial charge in [-0.3, -0.25) is 0 Å². The van der Waals surface area contributed by atoms with Gasteiger partial charge in [0.1, 0.15) is 0 Å². The van der Waals surface area contributed by atoms with Gasteiger partial charge < -0.3 is 11.5 Å². The molecule has 2 unspecified atom stereocenters. The molecular formula is C59H90N2. The Labute approximate surface area is 376 Å². The Hall–Kier alpha value is -3.52. The lowest BCUT2D eigenvalue weighted by atomic mass is 9.84. The van der Waals surface area contributed by atoms with Crippen molar-refractivity contribution in [3.05, 3.63) is 129 Å². The van der Waals surface area contributed by atoms with Crippen molar-refractivity contribution in [3.8, 4) is 0 Å². The molecule has 336 valence electrons. The maximum absolute atomic E-state index is 6.13. The van der Waals surface area contributed by atoms with Crippen molar-refractivity contribution in [2.75, 3.05) is 11.5 Å². The number of hydrogen-bond donors (Lipinski definition) is 2. The summed E-state index contributed by atoms with van der Waals surface area (Å²) in [5, 5.41) is 0. The van der Waals surface area contributed by atoms with Gasteiger partial charge in [-0.25, -0.2) is 0 Å². The number of nitrogen functional groups attached to an aromatic ring is 2. The van der Waals surface area contributed by atoms with E-state index in [0.717, 1.165) is 11.4 Å². The third-order valence-electron chi connectivity index (χ3n) is 13.7. The number of aryl methyl sites for hydroxylation is 4. The zero-order valence-electron chi connectivity index (χ0n) is 39.9. The number of benzene rings is 4. The minimum absolute atomic E-state index is 0.464. The topological polar surface area (TPSA) is 52.0 Å². The molecule has 0 aromatic heterocycles. The average Bonchev–Trinajstić information content (AvgIpc) is 3.26. The minimum atomic E-state index is 0.464. The molecule has 0 saturated heterocycles. The van der Waals surface area contributed by atoms with Gasteiger partial charge in [-0.2, -0.15) is 0 Å². The van der Waals surface area contributed by atoms with Gasteiger partial charge in [-0.15, -0.1) is 0 Å². The third-order valence-corrected chi connectivity index (χ3v) is 13.7. The van der Waals surface area contributed by atoms with Crippen LogP contribution in [0.15, 0.2) is 84.9 Å².